The second-order valence-corrected chi connectivity index (χ2v) is 9.43. The number of nitrogens with zero attached hydrogens (tertiary/aromatic N) is 2. The Morgan fingerprint density at radius 2 is 2.08 bits per heavy atom. The molecule has 0 saturated carbocycles. The summed E-state index contributed by atoms with van der Waals surface area (Å²) in [5.41, 5.74) is -0.278. The topological polar surface area (TPSA) is 68.7 Å². The number of aromatic nitrogens is 1. The van der Waals surface area contributed by atoms with Gasteiger partial charge in [0.25, 0.3) is 0 Å². The van der Waals surface area contributed by atoms with Gasteiger partial charge in [-0.05, 0) is 41.5 Å². The molecule has 24 heavy (non-hydrogen) atoms. The molecule has 0 unspecified atom stereocenters. The lowest BCUT2D eigenvalue weighted by Gasteiger charge is -2.35. The smallest absolute Gasteiger partial charge is 0.412 e. The average molecular weight is 373 g/mol. The van der Waals surface area contributed by atoms with Gasteiger partial charge < -0.3 is 9.47 Å². The molecule has 1 aliphatic heterocycles. The normalized spacial score (nSPS) is 20.1. The molecular weight excluding hydrogens is 348 g/mol. The van der Waals surface area contributed by atoms with Crippen LogP contribution in [0.3, 0.4) is 0 Å². The van der Waals surface area contributed by atoms with Crippen molar-refractivity contribution in [3.63, 3.8) is 0 Å². The number of thioether (sulfide) groups is 1. The SMILES string of the molecule is CCOC(=O)c1csc([C@@H]2CSC(C)(C)N2C(=O)OC(C)(C)C)n1. The van der Waals surface area contributed by atoms with E-state index in [-0.39, 0.29) is 17.8 Å². The van der Waals surface area contributed by atoms with Crippen LogP contribution in [0.2, 0.25) is 0 Å². The summed E-state index contributed by atoms with van der Waals surface area (Å²) in [6, 6.07) is -0.215. The summed E-state index contributed by atoms with van der Waals surface area (Å²) in [4.78, 5) is 30.2. The van der Waals surface area contributed by atoms with Crippen LogP contribution >= 0.6 is 23.1 Å². The number of hydrogen-bond acceptors (Lipinski definition) is 7. The summed E-state index contributed by atoms with van der Waals surface area (Å²) in [6.45, 7) is 11.6. The van der Waals surface area contributed by atoms with Crippen molar-refractivity contribution >= 4 is 35.2 Å². The van der Waals surface area contributed by atoms with Gasteiger partial charge >= 0.3 is 12.1 Å². The van der Waals surface area contributed by atoms with Crippen LogP contribution in [0.5, 0.6) is 0 Å². The summed E-state index contributed by atoms with van der Waals surface area (Å²) in [5.74, 6) is 0.274. The minimum Gasteiger partial charge on any atom is -0.461 e. The van der Waals surface area contributed by atoms with Crippen LogP contribution < -0.4 is 0 Å². The average Bonchev–Trinajstić information content (AvgIpc) is 3.00. The lowest BCUT2D eigenvalue weighted by Crippen LogP contribution is -2.45. The highest BCUT2D eigenvalue weighted by molar-refractivity contribution is 8.00. The molecule has 2 rings (SSSR count). The van der Waals surface area contributed by atoms with Crippen molar-refractivity contribution in [3.05, 3.63) is 16.1 Å². The quantitative estimate of drug-likeness (QED) is 0.745. The Balaban J connectivity index is 2.25. The van der Waals surface area contributed by atoms with Gasteiger partial charge in [0.1, 0.15) is 10.6 Å². The number of ether oxygens (including phenoxy) is 2. The monoisotopic (exact) mass is 372 g/mol. The molecule has 1 atom stereocenters. The summed E-state index contributed by atoms with van der Waals surface area (Å²) in [5, 5.41) is 2.40. The van der Waals surface area contributed by atoms with Crippen molar-refractivity contribution in [2.24, 2.45) is 0 Å². The lowest BCUT2D eigenvalue weighted by atomic mass is 10.2. The highest BCUT2D eigenvalue weighted by atomic mass is 32.2. The van der Waals surface area contributed by atoms with Crippen LogP contribution in [0.1, 0.15) is 63.1 Å². The first-order chi connectivity index (χ1) is 11.0. The van der Waals surface area contributed by atoms with E-state index in [1.54, 1.807) is 29.0 Å². The highest BCUT2D eigenvalue weighted by Crippen LogP contribution is 2.47. The molecule has 0 spiro atoms. The fourth-order valence-corrected chi connectivity index (χ4v) is 4.58. The van der Waals surface area contributed by atoms with Gasteiger partial charge in [-0.3, -0.25) is 4.90 Å². The molecule has 0 aliphatic carbocycles. The summed E-state index contributed by atoms with van der Waals surface area (Å²) in [6.07, 6.45) is -0.365. The maximum atomic E-state index is 12.7. The molecule has 1 aromatic rings. The molecule has 0 bridgehead atoms. The van der Waals surface area contributed by atoms with Crippen molar-refractivity contribution in [2.45, 2.75) is 58.1 Å². The maximum Gasteiger partial charge on any atom is 0.412 e. The number of amides is 1. The zero-order chi connectivity index (χ0) is 18.1. The molecule has 0 aromatic carbocycles. The van der Waals surface area contributed by atoms with Crippen LogP contribution in [0.15, 0.2) is 5.38 Å². The molecular formula is C16H24N2O4S2. The number of esters is 1. The third-order valence-corrected chi connectivity index (χ3v) is 5.70. The van der Waals surface area contributed by atoms with Crippen LogP contribution in [0, 0.1) is 0 Å². The third-order valence-electron chi connectivity index (χ3n) is 3.37. The zero-order valence-electron chi connectivity index (χ0n) is 14.9. The van der Waals surface area contributed by atoms with Crippen molar-refractivity contribution < 1.29 is 19.1 Å². The standard InChI is InChI=1S/C16H24N2O4S2/c1-7-21-13(19)10-8-23-12(17-10)11-9-24-16(5,6)18(11)14(20)22-15(2,3)4/h8,11H,7,9H2,1-6H3/t11-/m0/s1. The number of thiazole rings is 1. The molecule has 0 N–H and O–H groups in total. The highest BCUT2D eigenvalue weighted by Gasteiger charge is 2.47. The van der Waals surface area contributed by atoms with Gasteiger partial charge in [-0.1, -0.05) is 0 Å². The number of rotatable bonds is 3. The van der Waals surface area contributed by atoms with E-state index in [4.69, 9.17) is 9.47 Å². The van der Waals surface area contributed by atoms with Crippen molar-refractivity contribution in [1.82, 2.24) is 9.88 Å². The van der Waals surface area contributed by atoms with Crippen molar-refractivity contribution in [2.75, 3.05) is 12.4 Å². The van der Waals surface area contributed by atoms with Crippen LogP contribution in [0.4, 0.5) is 4.79 Å². The number of carbonyl (C=O) groups excluding carboxylic acids is 2. The van der Waals surface area contributed by atoms with Crippen LogP contribution in [0.25, 0.3) is 0 Å². The molecule has 1 aliphatic rings. The minimum atomic E-state index is -0.566. The van der Waals surface area contributed by atoms with Crippen LogP contribution in [-0.4, -0.2) is 44.8 Å². The Morgan fingerprint density at radius 1 is 1.42 bits per heavy atom. The largest absolute Gasteiger partial charge is 0.461 e. The second kappa shape index (κ2) is 6.92. The number of hydrogen-bond donors (Lipinski definition) is 0. The molecule has 2 heterocycles. The lowest BCUT2D eigenvalue weighted by molar-refractivity contribution is 0.00950. The van der Waals surface area contributed by atoms with E-state index in [2.05, 4.69) is 4.98 Å². The van der Waals surface area contributed by atoms with Crippen LogP contribution in [-0.2, 0) is 9.47 Å². The first kappa shape index (κ1) is 19.1. The Kier molecular flexibility index (Phi) is 5.49. The Morgan fingerprint density at radius 3 is 2.67 bits per heavy atom. The van der Waals surface area contributed by atoms with Gasteiger partial charge in [-0.2, -0.15) is 0 Å². The van der Waals surface area contributed by atoms with E-state index >= 15 is 0 Å². The fourth-order valence-electron chi connectivity index (χ4n) is 2.38. The van der Waals surface area contributed by atoms with E-state index in [1.165, 1.54) is 11.3 Å². The number of carbonyl (C=O) groups is 2. The summed E-state index contributed by atoms with van der Waals surface area (Å²) in [7, 11) is 0. The molecule has 134 valence electrons. The summed E-state index contributed by atoms with van der Waals surface area (Å²) >= 11 is 3.03. The van der Waals surface area contributed by atoms with Gasteiger partial charge in [-0.15, -0.1) is 23.1 Å². The molecule has 1 saturated heterocycles. The molecule has 1 amide bonds. The van der Waals surface area contributed by atoms with E-state index in [0.717, 1.165) is 5.01 Å². The van der Waals surface area contributed by atoms with Gasteiger partial charge in [0.2, 0.25) is 0 Å². The van der Waals surface area contributed by atoms with Gasteiger partial charge in [0, 0.05) is 11.1 Å². The molecule has 1 aromatic heterocycles. The minimum absolute atomic E-state index is 0.215. The summed E-state index contributed by atoms with van der Waals surface area (Å²) < 4.78 is 10.5. The van der Waals surface area contributed by atoms with Crippen molar-refractivity contribution in [3.8, 4) is 0 Å². The van der Waals surface area contributed by atoms with Gasteiger partial charge in [0.05, 0.1) is 17.5 Å². The Bertz CT molecular complexity index is 622. The van der Waals surface area contributed by atoms with E-state index < -0.39 is 16.4 Å². The van der Waals surface area contributed by atoms with E-state index in [0.29, 0.717) is 12.4 Å². The molecule has 1 fully saturated rings. The van der Waals surface area contributed by atoms with E-state index in [9.17, 15) is 9.59 Å². The first-order valence-electron chi connectivity index (χ1n) is 7.84. The van der Waals surface area contributed by atoms with E-state index in [1.807, 2.05) is 34.6 Å². The Labute approximate surface area is 150 Å². The van der Waals surface area contributed by atoms with Gasteiger partial charge in [-0.25, -0.2) is 14.6 Å². The second-order valence-electron chi connectivity index (χ2n) is 6.92. The predicted molar refractivity (Wildman–Crippen MR) is 95.4 cm³/mol. The Hall–Kier alpha value is -1.28. The maximum absolute atomic E-state index is 12.7. The van der Waals surface area contributed by atoms with Gasteiger partial charge in [0.15, 0.2) is 5.69 Å². The molecule has 6 nitrogen and oxygen atoms in total. The molecule has 0 radical (unpaired) electrons. The third kappa shape index (κ3) is 4.22. The first-order valence-corrected chi connectivity index (χ1v) is 9.70. The predicted octanol–water partition coefficient (Wildman–Crippen LogP) is 4.08. The van der Waals surface area contributed by atoms with Crippen molar-refractivity contribution in [1.29, 1.82) is 0 Å². The molecule has 8 heteroatoms. The zero-order valence-corrected chi connectivity index (χ0v) is 16.5. The fraction of sp³-hybridized carbons (Fsp3) is 0.688.